The number of benzene rings is 1. The zero-order valence-electron chi connectivity index (χ0n) is 9.81. The third kappa shape index (κ3) is 3.41. The van der Waals surface area contributed by atoms with E-state index in [0.717, 1.165) is 12.1 Å². The molecule has 0 bridgehead atoms. The van der Waals surface area contributed by atoms with E-state index in [1.807, 2.05) is 0 Å². The number of likely N-dealkylation sites (tertiary alicyclic amines) is 1. The summed E-state index contributed by atoms with van der Waals surface area (Å²) < 4.78 is 26.0. The Morgan fingerprint density at radius 3 is 2.26 bits per heavy atom. The zero-order valence-corrected chi connectivity index (χ0v) is 10.6. The van der Waals surface area contributed by atoms with E-state index in [1.54, 1.807) is 0 Å². The number of carbonyl (C=O) groups excluding carboxylic acids is 1. The second-order valence-electron chi connectivity index (χ2n) is 4.23. The molecule has 0 radical (unpaired) electrons. The van der Waals surface area contributed by atoms with E-state index in [9.17, 15) is 18.4 Å². The molecule has 1 aliphatic heterocycles. The molecule has 1 aromatic rings. The second kappa shape index (κ2) is 5.97. The summed E-state index contributed by atoms with van der Waals surface area (Å²) in [6, 6.07) is 2.57. The van der Waals surface area contributed by atoms with Gasteiger partial charge in [-0.05, 0) is 18.6 Å². The summed E-state index contributed by atoms with van der Waals surface area (Å²) in [4.78, 5) is 24.0. The molecule has 1 N–H and O–H groups in total. The van der Waals surface area contributed by atoms with Gasteiger partial charge < -0.3 is 10.0 Å². The van der Waals surface area contributed by atoms with Gasteiger partial charge in [-0.3, -0.25) is 9.59 Å². The van der Waals surface area contributed by atoms with Gasteiger partial charge in [0.25, 0.3) is 5.91 Å². The van der Waals surface area contributed by atoms with Gasteiger partial charge in [0.05, 0.1) is 5.92 Å². The molecule has 2 rings (SSSR count). The minimum absolute atomic E-state index is 0. The number of amides is 1. The molecule has 0 saturated carbocycles. The van der Waals surface area contributed by atoms with Crippen molar-refractivity contribution in [2.24, 2.45) is 5.92 Å². The lowest BCUT2D eigenvalue weighted by Crippen LogP contribution is -2.30. The largest absolute Gasteiger partial charge is 0.481 e. The second-order valence-corrected chi connectivity index (χ2v) is 4.23. The van der Waals surface area contributed by atoms with Crippen molar-refractivity contribution in [3.63, 3.8) is 0 Å². The summed E-state index contributed by atoms with van der Waals surface area (Å²) in [6.45, 7) is 0.361. The van der Waals surface area contributed by atoms with Crippen LogP contribution in [0.5, 0.6) is 0 Å². The van der Waals surface area contributed by atoms with E-state index in [0.29, 0.717) is 12.5 Å². The van der Waals surface area contributed by atoms with Crippen molar-refractivity contribution >= 4 is 24.3 Å². The summed E-state index contributed by atoms with van der Waals surface area (Å²) >= 11 is 0. The SMILES string of the molecule is Cl.O=C(O)C1CCN(C(=O)c2cc(F)cc(F)c2)C1. The van der Waals surface area contributed by atoms with E-state index < -0.39 is 29.4 Å². The number of nitrogens with zero attached hydrogens (tertiary/aromatic N) is 1. The molecule has 1 saturated heterocycles. The molecule has 1 aliphatic rings. The monoisotopic (exact) mass is 291 g/mol. The third-order valence-electron chi connectivity index (χ3n) is 2.93. The number of rotatable bonds is 2. The van der Waals surface area contributed by atoms with Crippen LogP contribution in [0.1, 0.15) is 16.8 Å². The van der Waals surface area contributed by atoms with E-state index in [4.69, 9.17) is 5.11 Å². The Bertz CT molecular complexity index is 489. The highest BCUT2D eigenvalue weighted by atomic mass is 35.5. The lowest BCUT2D eigenvalue weighted by atomic mass is 10.1. The van der Waals surface area contributed by atoms with Gasteiger partial charge in [0.2, 0.25) is 0 Å². The fourth-order valence-electron chi connectivity index (χ4n) is 2.01. The summed E-state index contributed by atoms with van der Waals surface area (Å²) in [6.07, 6.45) is 0.360. The van der Waals surface area contributed by atoms with E-state index in [2.05, 4.69) is 0 Å². The highest BCUT2D eigenvalue weighted by Crippen LogP contribution is 2.19. The standard InChI is InChI=1S/C12H11F2NO3.ClH/c13-9-3-8(4-10(14)5-9)11(16)15-2-1-7(6-15)12(17)18;/h3-5,7H,1-2,6H2,(H,17,18);1H. The van der Waals surface area contributed by atoms with Crippen LogP contribution in [-0.2, 0) is 4.79 Å². The molecule has 1 unspecified atom stereocenters. The number of carboxylic acids is 1. The highest BCUT2D eigenvalue weighted by Gasteiger charge is 2.31. The fraction of sp³-hybridized carbons (Fsp3) is 0.333. The van der Waals surface area contributed by atoms with Crippen LogP contribution in [0.4, 0.5) is 8.78 Å². The Morgan fingerprint density at radius 2 is 1.79 bits per heavy atom. The maximum Gasteiger partial charge on any atom is 0.308 e. The van der Waals surface area contributed by atoms with Crippen LogP contribution in [0.2, 0.25) is 0 Å². The molecule has 0 aromatic heterocycles. The lowest BCUT2D eigenvalue weighted by molar-refractivity contribution is -0.141. The summed E-state index contributed by atoms with van der Waals surface area (Å²) in [5, 5.41) is 8.81. The average Bonchev–Trinajstić information content (AvgIpc) is 2.75. The number of hydrogen-bond acceptors (Lipinski definition) is 2. The van der Waals surface area contributed by atoms with Crippen molar-refractivity contribution in [1.82, 2.24) is 4.90 Å². The van der Waals surface area contributed by atoms with Crippen LogP contribution in [0.15, 0.2) is 18.2 Å². The smallest absolute Gasteiger partial charge is 0.308 e. The first-order chi connectivity index (χ1) is 8.47. The van der Waals surface area contributed by atoms with Gasteiger partial charge in [0, 0.05) is 24.7 Å². The van der Waals surface area contributed by atoms with Crippen LogP contribution >= 0.6 is 12.4 Å². The van der Waals surface area contributed by atoms with Crippen molar-refractivity contribution in [2.45, 2.75) is 6.42 Å². The molecule has 1 atom stereocenters. The molecule has 0 spiro atoms. The molecular formula is C12H12ClF2NO3. The van der Waals surface area contributed by atoms with E-state index in [1.165, 1.54) is 4.90 Å². The Labute approximate surface area is 114 Å². The summed E-state index contributed by atoms with van der Waals surface area (Å²) in [7, 11) is 0. The van der Waals surface area contributed by atoms with Crippen LogP contribution in [-0.4, -0.2) is 35.0 Å². The van der Waals surface area contributed by atoms with Crippen molar-refractivity contribution in [2.75, 3.05) is 13.1 Å². The number of halogens is 3. The predicted molar refractivity (Wildman–Crippen MR) is 65.3 cm³/mol. The van der Waals surface area contributed by atoms with E-state index in [-0.39, 0.29) is 31.1 Å². The summed E-state index contributed by atoms with van der Waals surface area (Å²) in [5.74, 6) is -3.76. The molecule has 1 aromatic carbocycles. The average molecular weight is 292 g/mol. The van der Waals surface area contributed by atoms with Crippen molar-refractivity contribution in [1.29, 1.82) is 0 Å². The van der Waals surface area contributed by atoms with Crippen molar-refractivity contribution in [3.8, 4) is 0 Å². The van der Waals surface area contributed by atoms with Crippen LogP contribution in [0, 0.1) is 17.6 Å². The number of aliphatic carboxylic acids is 1. The van der Waals surface area contributed by atoms with Crippen molar-refractivity contribution in [3.05, 3.63) is 35.4 Å². The normalized spacial score (nSPS) is 18.0. The van der Waals surface area contributed by atoms with Crippen LogP contribution < -0.4 is 0 Å². The Kier molecular flexibility index (Phi) is 4.83. The molecule has 7 heteroatoms. The maximum absolute atomic E-state index is 13.0. The zero-order chi connectivity index (χ0) is 13.3. The van der Waals surface area contributed by atoms with Gasteiger partial charge in [-0.25, -0.2) is 8.78 Å². The molecule has 1 fully saturated rings. The number of hydrogen-bond donors (Lipinski definition) is 1. The van der Waals surface area contributed by atoms with Crippen LogP contribution in [0.25, 0.3) is 0 Å². The maximum atomic E-state index is 13.0. The number of carbonyl (C=O) groups is 2. The first-order valence-corrected chi connectivity index (χ1v) is 5.45. The van der Waals surface area contributed by atoms with Gasteiger partial charge in [0.1, 0.15) is 11.6 Å². The van der Waals surface area contributed by atoms with Gasteiger partial charge in [-0.2, -0.15) is 0 Å². The van der Waals surface area contributed by atoms with Gasteiger partial charge in [-0.1, -0.05) is 0 Å². The molecule has 1 heterocycles. The highest BCUT2D eigenvalue weighted by molar-refractivity contribution is 5.94. The Balaban J connectivity index is 0.00000180. The third-order valence-corrected chi connectivity index (χ3v) is 2.93. The molecule has 104 valence electrons. The topological polar surface area (TPSA) is 57.6 Å². The fourth-order valence-corrected chi connectivity index (χ4v) is 2.01. The van der Waals surface area contributed by atoms with Crippen LogP contribution in [0.3, 0.4) is 0 Å². The molecular weight excluding hydrogens is 280 g/mol. The number of carboxylic acid groups (broad SMARTS) is 1. The molecule has 1 amide bonds. The Hall–Kier alpha value is -1.69. The predicted octanol–water partition coefficient (Wildman–Crippen LogP) is 1.93. The van der Waals surface area contributed by atoms with Gasteiger partial charge in [-0.15, -0.1) is 12.4 Å². The Morgan fingerprint density at radius 1 is 1.21 bits per heavy atom. The van der Waals surface area contributed by atoms with Crippen molar-refractivity contribution < 1.29 is 23.5 Å². The minimum Gasteiger partial charge on any atom is -0.481 e. The molecule has 19 heavy (non-hydrogen) atoms. The van der Waals surface area contributed by atoms with E-state index >= 15 is 0 Å². The van der Waals surface area contributed by atoms with Gasteiger partial charge in [0.15, 0.2) is 0 Å². The molecule has 0 aliphatic carbocycles. The summed E-state index contributed by atoms with van der Waals surface area (Å²) in [5.41, 5.74) is -0.0986. The quantitative estimate of drug-likeness (QED) is 0.906. The minimum atomic E-state index is -0.962. The van der Waals surface area contributed by atoms with Gasteiger partial charge >= 0.3 is 5.97 Å². The first-order valence-electron chi connectivity index (χ1n) is 5.45. The molecule has 4 nitrogen and oxygen atoms in total. The lowest BCUT2D eigenvalue weighted by Gasteiger charge is -2.15. The first kappa shape index (κ1) is 15.4.